The Kier molecular flexibility index (Phi) is 5.57. The molecule has 0 atom stereocenters. The van der Waals surface area contributed by atoms with Crippen LogP contribution >= 0.6 is 0 Å². The Hall–Kier alpha value is -3.04. The third kappa shape index (κ3) is 4.62. The van der Waals surface area contributed by atoms with E-state index >= 15 is 0 Å². The van der Waals surface area contributed by atoms with Crippen molar-refractivity contribution < 1.29 is 16.8 Å². The molecule has 0 aromatic heterocycles. The first-order valence-corrected chi connectivity index (χ1v) is 11.3. The topological polar surface area (TPSA) is 104 Å². The zero-order valence-electron chi connectivity index (χ0n) is 15.0. The molecule has 0 fully saturated rings. The lowest BCUT2D eigenvalue weighted by molar-refractivity contribution is 0.599. The third-order valence-electron chi connectivity index (χ3n) is 3.90. The second kappa shape index (κ2) is 7.91. The molecule has 0 saturated heterocycles. The van der Waals surface area contributed by atoms with Gasteiger partial charge in [-0.05, 0) is 60.7 Å². The van der Waals surface area contributed by atoms with Gasteiger partial charge in [0, 0.05) is 24.1 Å². The number of nitrogens with one attached hydrogen (secondary N) is 3. The van der Waals surface area contributed by atoms with Gasteiger partial charge in [-0.15, -0.1) is 0 Å². The molecule has 28 heavy (non-hydrogen) atoms. The molecule has 0 amide bonds. The Morgan fingerprint density at radius 3 is 1.36 bits per heavy atom. The smallest absolute Gasteiger partial charge is 0.261 e. The maximum absolute atomic E-state index is 12.5. The Morgan fingerprint density at radius 1 is 0.536 bits per heavy atom. The molecule has 3 rings (SSSR count). The highest BCUT2D eigenvalue weighted by Crippen LogP contribution is 2.21. The summed E-state index contributed by atoms with van der Waals surface area (Å²) in [7, 11) is -5.71. The number of sulfonamides is 2. The van der Waals surface area contributed by atoms with Gasteiger partial charge in [-0.25, -0.2) is 16.8 Å². The van der Waals surface area contributed by atoms with Gasteiger partial charge in [0.05, 0.1) is 9.79 Å². The highest BCUT2D eigenvalue weighted by atomic mass is 32.2. The van der Waals surface area contributed by atoms with Crippen LogP contribution in [0.5, 0.6) is 0 Å². The molecule has 0 saturated carbocycles. The molecule has 146 valence electrons. The molecule has 0 spiro atoms. The van der Waals surface area contributed by atoms with Crippen molar-refractivity contribution in [3.63, 3.8) is 0 Å². The SMILES string of the molecule is CNc1ccc(S(=O)(=O)Nc2ccc(NS(=O)(=O)c3ccccc3)cc2)cc1. The Bertz CT molecular complexity index is 1140. The first-order chi connectivity index (χ1) is 13.3. The maximum Gasteiger partial charge on any atom is 0.261 e. The summed E-state index contributed by atoms with van der Waals surface area (Å²) >= 11 is 0. The zero-order chi connectivity index (χ0) is 20.2. The van der Waals surface area contributed by atoms with Crippen LogP contribution in [-0.2, 0) is 20.0 Å². The van der Waals surface area contributed by atoms with Crippen molar-refractivity contribution in [1.82, 2.24) is 0 Å². The van der Waals surface area contributed by atoms with Crippen molar-refractivity contribution in [2.24, 2.45) is 0 Å². The molecule has 0 bridgehead atoms. The van der Waals surface area contributed by atoms with Gasteiger partial charge in [0.15, 0.2) is 0 Å². The predicted molar refractivity (Wildman–Crippen MR) is 110 cm³/mol. The Labute approximate surface area is 164 Å². The normalized spacial score (nSPS) is 11.6. The monoisotopic (exact) mass is 417 g/mol. The van der Waals surface area contributed by atoms with Crippen molar-refractivity contribution in [3.8, 4) is 0 Å². The minimum absolute atomic E-state index is 0.125. The summed E-state index contributed by atoms with van der Waals surface area (Å²) in [4.78, 5) is 0.269. The molecule has 9 heteroatoms. The van der Waals surface area contributed by atoms with Crippen molar-refractivity contribution in [3.05, 3.63) is 78.9 Å². The van der Waals surface area contributed by atoms with E-state index in [1.54, 1.807) is 37.4 Å². The van der Waals surface area contributed by atoms with Gasteiger partial charge in [-0.3, -0.25) is 9.44 Å². The summed E-state index contributed by atoms with van der Waals surface area (Å²) in [6, 6.07) is 20.3. The van der Waals surface area contributed by atoms with Crippen molar-refractivity contribution in [2.75, 3.05) is 21.8 Å². The molecule has 0 aliphatic heterocycles. The highest BCUT2D eigenvalue weighted by molar-refractivity contribution is 7.93. The van der Waals surface area contributed by atoms with Gasteiger partial charge in [-0.1, -0.05) is 18.2 Å². The van der Waals surface area contributed by atoms with E-state index in [4.69, 9.17) is 0 Å². The molecular weight excluding hydrogens is 398 g/mol. The Balaban J connectivity index is 1.73. The summed E-state index contributed by atoms with van der Waals surface area (Å²) in [5.41, 5.74) is 1.44. The molecule has 0 radical (unpaired) electrons. The van der Waals surface area contributed by atoms with E-state index in [9.17, 15) is 16.8 Å². The van der Waals surface area contributed by atoms with Crippen LogP contribution in [0.2, 0.25) is 0 Å². The average Bonchev–Trinajstić information content (AvgIpc) is 2.70. The molecule has 0 aliphatic rings. The summed E-state index contributed by atoms with van der Waals surface area (Å²) in [6.45, 7) is 0. The van der Waals surface area contributed by atoms with Gasteiger partial charge in [0.2, 0.25) is 0 Å². The molecule has 3 aromatic rings. The molecule has 0 aliphatic carbocycles. The van der Waals surface area contributed by atoms with Crippen molar-refractivity contribution in [2.45, 2.75) is 9.79 Å². The molecule has 3 N–H and O–H groups in total. The summed E-state index contributed by atoms with van der Waals surface area (Å²) in [5.74, 6) is 0. The molecular formula is C19H19N3O4S2. The number of hydrogen-bond donors (Lipinski definition) is 3. The van der Waals surface area contributed by atoms with Gasteiger partial charge in [0.1, 0.15) is 0 Å². The van der Waals surface area contributed by atoms with Crippen LogP contribution < -0.4 is 14.8 Å². The fourth-order valence-corrected chi connectivity index (χ4v) is 4.57. The van der Waals surface area contributed by atoms with Crippen LogP contribution in [0.25, 0.3) is 0 Å². The standard InChI is InChI=1S/C19H19N3O4S2/c1-20-15-11-13-19(14-12-15)28(25,26)22-17-9-7-16(8-10-17)21-27(23,24)18-5-3-2-4-6-18/h2-14,20-22H,1H3. The summed E-state index contributed by atoms with van der Waals surface area (Å²) < 4.78 is 54.5. The van der Waals surface area contributed by atoms with Crippen LogP contribution in [0, 0.1) is 0 Å². The van der Waals surface area contributed by atoms with E-state index in [2.05, 4.69) is 14.8 Å². The fraction of sp³-hybridized carbons (Fsp3) is 0.0526. The first-order valence-electron chi connectivity index (χ1n) is 8.29. The van der Waals surface area contributed by atoms with E-state index in [-0.39, 0.29) is 9.79 Å². The largest absolute Gasteiger partial charge is 0.388 e. The van der Waals surface area contributed by atoms with Crippen LogP contribution in [0.4, 0.5) is 17.1 Å². The van der Waals surface area contributed by atoms with E-state index in [1.165, 1.54) is 48.5 Å². The molecule has 0 unspecified atom stereocenters. The minimum Gasteiger partial charge on any atom is -0.388 e. The first kappa shape index (κ1) is 19.7. The molecule has 7 nitrogen and oxygen atoms in total. The Morgan fingerprint density at radius 2 is 0.929 bits per heavy atom. The van der Waals surface area contributed by atoms with Crippen LogP contribution in [0.1, 0.15) is 0 Å². The number of hydrogen-bond acceptors (Lipinski definition) is 5. The number of benzene rings is 3. The second-order valence-electron chi connectivity index (χ2n) is 5.88. The summed E-state index contributed by atoms with van der Waals surface area (Å²) in [6.07, 6.45) is 0. The van der Waals surface area contributed by atoms with Gasteiger partial charge < -0.3 is 5.32 Å². The highest BCUT2D eigenvalue weighted by Gasteiger charge is 2.15. The minimum atomic E-state index is -3.75. The zero-order valence-corrected chi connectivity index (χ0v) is 16.6. The predicted octanol–water partition coefficient (Wildman–Crippen LogP) is 3.33. The van der Waals surface area contributed by atoms with E-state index in [1.807, 2.05) is 0 Å². The van der Waals surface area contributed by atoms with E-state index < -0.39 is 20.0 Å². The number of anilines is 3. The molecule has 0 heterocycles. The average molecular weight is 418 g/mol. The number of rotatable bonds is 7. The molecule has 3 aromatic carbocycles. The van der Waals surface area contributed by atoms with Gasteiger partial charge in [-0.2, -0.15) is 0 Å². The quantitative estimate of drug-likeness (QED) is 0.547. The lowest BCUT2D eigenvalue weighted by Crippen LogP contribution is -2.14. The summed E-state index contributed by atoms with van der Waals surface area (Å²) in [5, 5.41) is 2.92. The van der Waals surface area contributed by atoms with Crippen LogP contribution in [0.3, 0.4) is 0 Å². The van der Waals surface area contributed by atoms with Crippen LogP contribution in [0.15, 0.2) is 88.7 Å². The van der Waals surface area contributed by atoms with Gasteiger partial charge >= 0.3 is 0 Å². The van der Waals surface area contributed by atoms with E-state index in [0.29, 0.717) is 11.4 Å². The van der Waals surface area contributed by atoms with Gasteiger partial charge in [0.25, 0.3) is 20.0 Å². The van der Waals surface area contributed by atoms with E-state index in [0.717, 1.165) is 5.69 Å². The van der Waals surface area contributed by atoms with Crippen molar-refractivity contribution in [1.29, 1.82) is 0 Å². The maximum atomic E-state index is 12.5. The van der Waals surface area contributed by atoms with Crippen molar-refractivity contribution >= 4 is 37.1 Å². The lowest BCUT2D eigenvalue weighted by atomic mass is 10.3. The fourth-order valence-electron chi connectivity index (χ4n) is 2.43. The second-order valence-corrected chi connectivity index (χ2v) is 9.24. The van der Waals surface area contributed by atoms with Crippen LogP contribution in [-0.4, -0.2) is 23.9 Å². The lowest BCUT2D eigenvalue weighted by Gasteiger charge is -2.11. The third-order valence-corrected chi connectivity index (χ3v) is 6.69.